The van der Waals surface area contributed by atoms with Gasteiger partial charge in [0.05, 0.1) is 21.6 Å². The molecule has 0 aliphatic heterocycles. The fourth-order valence-corrected chi connectivity index (χ4v) is 2.03. The Labute approximate surface area is 127 Å². The van der Waals surface area contributed by atoms with Crippen molar-refractivity contribution in [1.82, 2.24) is 5.32 Å². The molecule has 1 fully saturated rings. The van der Waals surface area contributed by atoms with E-state index in [1.165, 1.54) is 25.0 Å². The zero-order valence-electron chi connectivity index (χ0n) is 11.1. The van der Waals surface area contributed by atoms with Crippen LogP contribution >= 0.6 is 23.2 Å². The summed E-state index contributed by atoms with van der Waals surface area (Å²) in [5.74, 6) is 0.410. The number of benzene rings is 1. The van der Waals surface area contributed by atoms with Crippen molar-refractivity contribution in [2.45, 2.75) is 25.8 Å². The van der Waals surface area contributed by atoms with Crippen LogP contribution in [0.3, 0.4) is 0 Å². The maximum Gasteiger partial charge on any atom is 0.312 e. The molecule has 0 saturated heterocycles. The summed E-state index contributed by atoms with van der Waals surface area (Å²) in [5.41, 5.74) is -0.165. The fourth-order valence-electron chi connectivity index (χ4n) is 1.72. The molecule has 110 valence electrons. The zero-order chi connectivity index (χ0) is 14.7. The Morgan fingerprint density at radius 1 is 1.45 bits per heavy atom. The smallest absolute Gasteiger partial charge is 0.312 e. The molecule has 0 bridgehead atoms. The van der Waals surface area contributed by atoms with Crippen molar-refractivity contribution in [3.05, 3.63) is 32.3 Å². The second-order valence-electron chi connectivity index (χ2n) is 5.09. The SMILES string of the molecule is CC(CNC1CC1)COc1cc(Cl)c(Cl)cc1[N+](=O)[O-]. The number of nitrogens with one attached hydrogen (secondary N) is 1. The maximum atomic E-state index is 11.0. The lowest BCUT2D eigenvalue weighted by Crippen LogP contribution is -2.26. The van der Waals surface area contributed by atoms with E-state index in [0.717, 1.165) is 6.54 Å². The first kappa shape index (κ1) is 15.4. The molecule has 0 spiro atoms. The second-order valence-corrected chi connectivity index (χ2v) is 5.90. The number of nitro benzene ring substituents is 1. The molecule has 1 atom stereocenters. The van der Waals surface area contributed by atoms with Crippen LogP contribution in [0.25, 0.3) is 0 Å². The molecule has 1 N–H and O–H groups in total. The summed E-state index contributed by atoms with van der Waals surface area (Å²) in [6.45, 7) is 3.25. The Kier molecular flexibility index (Phi) is 5.07. The van der Waals surface area contributed by atoms with Gasteiger partial charge in [-0.05, 0) is 12.8 Å². The first-order chi connectivity index (χ1) is 9.47. The van der Waals surface area contributed by atoms with Crippen LogP contribution in [0.2, 0.25) is 10.0 Å². The standard InChI is InChI=1S/C13H16Cl2N2O3/c1-8(6-16-9-2-3-9)7-20-13-5-11(15)10(14)4-12(13)17(18)19/h4-5,8-9,16H,2-3,6-7H2,1H3. The molecule has 0 amide bonds. The molecule has 0 aromatic heterocycles. The van der Waals surface area contributed by atoms with Crippen molar-refractivity contribution in [1.29, 1.82) is 0 Å². The highest BCUT2D eigenvalue weighted by atomic mass is 35.5. The van der Waals surface area contributed by atoms with Crippen molar-refractivity contribution < 1.29 is 9.66 Å². The molecule has 1 aromatic carbocycles. The fraction of sp³-hybridized carbons (Fsp3) is 0.538. The lowest BCUT2D eigenvalue weighted by Gasteiger charge is -2.14. The molecule has 1 unspecified atom stereocenters. The number of nitro groups is 1. The Hall–Kier alpha value is -1.04. The van der Waals surface area contributed by atoms with Gasteiger partial charge in [-0.3, -0.25) is 10.1 Å². The van der Waals surface area contributed by atoms with Gasteiger partial charge in [-0.1, -0.05) is 30.1 Å². The van der Waals surface area contributed by atoms with Crippen LogP contribution in [0.5, 0.6) is 5.75 Å². The van der Waals surface area contributed by atoms with Crippen LogP contribution < -0.4 is 10.1 Å². The molecule has 1 saturated carbocycles. The molecular weight excluding hydrogens is 303 g/mol. The van der Waals surface area contributed by atoms with E-state index < -0.39 is 4.92 Å². The van der Waals surface area contributed by atoms with Crippen LogP contribution in [0.15, 0.2) is 12.1 Å². The average Bonchev–Trinajstić information content (AvgIpc) is 3.21. The van der Waals surface area contributed by atoms with E-state index in [9.17, 15) is 10.1 Å². The molecule has 1 aliphatic rings. The van der Waals surface area contributed by atoms with E-state index in [1.54, 1.807) is 0 Å². The molecule has 0 radical (unpaired) electrons. The molecule has 2 rings (SSSR count). The van der Waals surface area contributed by atoms with Crippen molar-refractivity contribution in [3.63, 3.8) is 0 Å². The van der Waals surface area contributed by atoms with Gasteiger partial charge in [0, 0.05) is 30.6 Å². The molecule has 1 aliphatic carbocycles. The van der Waals surface area contributed by atoms with Crippen molar-refractivity contribution in [2.24, 2.45) is 5.92 Å². The van der Waals surface area contributed by atoms with E-state index in [1.807, 2.05) is 6.92 Å². The maximum absolute atomic E-state index is 11.0. The summed E-state index contributed by atoms with van der Waals surface area (Å²) >= 11 is 11.7. The van der Waals surface area contributed by atoms with E-state index in [0.29, 0.717) is 12.6 Å². The van der Waals surface area contributed by atoms with Crippen LogP contribution in [0.1, 0.15) is 19.8 Å². The highest BCUT2D eigenvalue weighted by molar-refractivity contribution is 6.42. The van der Waals surface area contributed by atoms with Crippen LogP contribution in [-0.4, -0.2) is 24.1 Å². The zero-order valence-corrected chi connectivity index (χ0v) is 12.6. The third-order valence-corrected chi connectivity index (χ3v) is 3.78. The van der Waals surface area contributed by atoms with Gasteiger partial charge < -0.3 is 10.1 Å². The number of hydrogen-bond acceptors (Lipinski definition) is 4. The Bertz CT molecular complexity index is 507. The molecule has 1 aromatic rings. The number of rotatable bonds is 7. The Morgan fingerprint density at radius 3 is 2.70 bits per heavy atom. The van der Waals surface area contributed by atoms with Gasteiger partial charge in [0.15, 0.2) is 5.75 Å². The second kappa shape index (κ2) is 6.61. The van der Waals surface area contributed by atoms with Crippen molar-refractivity contribution in [2.75, 3.05) is 13.2 Å². The first-order valence-electron chi connectivity index (χ1n) is 6.47. The summed E-state index contributed by atoms with van der Waals surface area (Å²) in [4.78, 5) is 10.4. The normalized spacial score (nSPS) is 15.9. The van der Waals surface area contributed by atoms with E-state index in [-0.39, 0.29) is 27.4 Å². The summed E-state index contributed by atoms with van der Waals surface area (Å²) in [7, 11) is 0. The molecular formula is C13H16Cl2N2O3. The lowest BCUT2D eigenvalue weighted by molar-refractivity contribution is -0.385. The lowest BCUT2D eigenvalue weighted by atomic mass is 10.2. The largest absolute Gasteiger partial charge is 0.486 e. The summed E-state index contributed by atoms with van der Waals surface area (Å²) in [6.07, 6.45) is 2.46. The van der Waals surface area contributed by atoms with Gasteiger partial charge in [0.1, 0.15) is 0 Å². The van der Waals surface area contributed by atoms with Gasteiger partial charge in [-0.15, -0.1) is 0 Å². The number of halogens is 2. The quantitative estimate of drug-likeness (QED) is 0.615. The monoisotopic (exact) mass is 318 g/mol. The molecule has 7 heteroatoms. The topological polar surface area (TPSA) is 64.4 Å². The predicted octanol–water partition coefficient (Wildman–Crippen LogP) is 3.67. The van der Waals surface area contributed by atoms with Gasteiger partial charge in [-0.25, -0.2) is 0 Å². The Balaban J connectivity index is 1.96. The minimum absolute atomic E-state index is 0.147. The summed E-state index contributed by atoms with van der Waals surface area (Å²) in [6, 6.07) is 3.24. The summed E-state index contributed by atoms with van der Waals surface area (Å²) in [5, 5.41) is 14.7. The van der Waals surface area contributed by atoms with Gasteiger partial charge >= 0.3 is 5.69 Å². The van der Waals surface area contributed by atoms with Gasteiger partial charge in [0.25, 0.3) is 0 Å². The van der Waals surface area contributed by atoms with Crippen LogP contribution in [0, 0.1) is 16.0 Å². The van der Waals surface area contributed by atoms with Crippen LogP contribution in [-0.2, 0) is 0 Å². The van der Waals surface area contributed by atoms with E-state index in [2.05, 4.69) is 5.32 Å². The first-order valence-corrected chi connectivity index (χ1v) is 7.22. The minimum atomic E-state index is -0.523. The highest BCUT2D eigenvalue weighted by Gasteiger charge is 2.22. The van der Waals surface area contributed by atoms with Gasteiger partial charge in [-0.2, -0.15) is 0 Å². The number of ether oxygens (including phenoxy) is 1. The third-order valence-electron chi connectivity index (χ3n) is 3.05. The average molecular weight is 319 g/mol. The highest BCUT2D eigenvalue weighted by Crippen LogP contribution is 2.35. The minimum Gasteiger partial charge on any atom is -0.486 e. The molecule has 5 nitrogen and oxygen atoms in total. The Morgan fingerprint density at radius 2 is 2.10 bits per heavy atom. The predicted molar refractivity (Wildman–Crippen MR) is 78.8 cm³/mol. The van der Waals surface area contributed by atoms with Gasteiger partial charge in [0.2, 0.25) is 0 Å². The number of hydrogen-bond donors (Lipinski definition) is 1. The van der Waals surface area contributed by atoms with E-state index >= 15 is 0 Å². The number of nitrogens with zero attached hydrogens (tertiary/aromatic N) is 1. The third kappa shape index (κ3) is 4.23. The molecule has 0 heterocycles. The summed E-state index contributed by atoms with van der Waals surface area (Å²) < 4.78 is 5.52. The van der Waals surface area contributed by atoms with Crippen molar-refractivity contribution in [3.8, 4) is 5.75 Å². The molecule has 20 heavy (non-hydrogen) atoms. The van der Waals surface area contributed by atoms with Crippen molar-refractivity contribution >= 4 is 28.9 Å². The van der Waals surface area contributed by atoms with E-state index in [4.69, 9.17) is 27.9 Å². The van der Waals surface area contributed by atoms with Crippen LogP contribution in [0.4, 0.5) is 5.69 Å².